The van der Waals surface area contributed by atoms with E-state index in [1.165, 1.54) is 48.8 Å². The number of hydrogen-bond acceptors (Lipinski definition) is 4. The van der Waals surface area contributed by atoms with Gasteiger partial charge >= 0.3 is 13.0 Å². The van der Waals surface area contributed by atoms with Gasteiger partial charge in [-0.2, -0.15) is 0 Å². The summed E-state index contributed by atoms with van der Waals surface area (Å²) in [4.78, 5) is 11.2. The van der Waals surface area contributed by atoms with Crippen molar-refractivity contribution in [3.05, 3.63) is 72.3 Å². The smallest absolute Gasteiger partial charge is 0.398 e. The second-order valence-corrected chi connectivity index (χ2v) is 7.27. The number of hydrogen-bond donors (Lipinski definition) is 2. The highest BCUT2D eigenvalue weighted by molar-refractivity contribution is 6.72. The molecule has 3 rings (SSSR count). The Morgan fingerprint density at radius 2 is 1.69 bits per heavy atom. The van der Waals surface area contributed by atoms with E-state index in [2.05, 4.69) is 70.6 Å². The molecular formula is C24H29BN2O2. The lowest BCUT2D eigenvalue weighted by Crippen LogP contribution is -2.35. The normalized spacial score (nSPS) is 13.7. The molecule has 2 aromatic carbocycles. The van der Waals surface area contributed by atoms with Crippen molar-refractivity contribution < 1.29 is 9.53 Å². The fraction of sp³-hybridized carbons (Fsp3) is 0.292. The summed E-state index contributed by atoms with van der Waals surface area (Å²) < 4.78 is 4.64. The van der Waals surface area contributed by atoms with Gasteiger partial charge in [0.25, 0.3) is 0 Å². The zero-order valence-electron chi connectivity index (χ0n) is 17.3. The molecule has 2 aromatic rings. The molecule has 5 heteroatoms. The van der Waals surface area contributed by atoms with Gasteiger partial charge in [0, 0.05) is 22.8 Å². The van der Waals surface area contributed by atoms with Crippen LogP contribution >= 0.6 is 0 Å². The van der Waals surface area contributed by atoms with Crippen LogP contribution in [0.3, 0.4) is 0 Å². The van der Waals surface area contributed by atoms with E-state index in [-0.39, 0.29) is 13.0 Å². The molecule has 1 heterocycles. The number of methoxy groups -OCH3 is 1. The van der Waals surface area contributed by atoms with E-state index in [1.54, 1.807) is 6.08 Å². The minimum absolute atomic E-state index is 0.0194. The van der Waals surface area contributed by atoms with Crippen molar-refractivity contribution in [3.8, 4) is 0 Å². The topological polar surface area (TPSA) is 50.4 Å². The first kappa shape index (κ1) is 20.8. The van der Waals surface area contributed by atoms with Gasteiger partial charge in [-0.05, 0) is 30.4 Å². The van der Waals surface area contributed by atoms with Crippen LogP contribution < -0.4 is 10.5 Å². The highest BCUT2D eigenvalue weighted by Crippen LogP contribution is 2.34. The molecule has 0 aromatic heterocycles. The molecule has 0 saturated heterocycles. The number of carbonyl (C=O) groups is 1. The molecule has 4 nitrogen and oxygen atoms in total. The maximum Gasteiger partial charge on any atom is 0.398 e. The molecule has 0 amide bonds. The number of ether oxygens (including phenoxy) is 1. The Labute approximate surface area is 173 Å². The van der Waals surface area contributed by atoms with Gasteiger partial charge in [0.2, 0.25) is 0 Å². The number of nitrogens with one attached hydrogen (secondary N) is 2. The minimum Gasteiger partial charge on any atom is -0.466 e. The van der Waals surface area contributed by atoms with Crippen LogP contribution in [0.4, 0.5) is 11.4 Å². The van der Waals surface area contributed by atoms with Gasteiger partial charge in [-0.15, -0.1) is 0 Å². The Hall–Kier alpha value is -2.95. The summed E-state index contributed by atoms with van der Waals surface area (Å²) >= 11 is 0. The lowest BCUT2D eigenvalue weighted by Gasteiger charge is -2.25. The molecular weight excluding hydrogens is 359 g/mol. The summed E-state index contributed by atoms with van der Waals surface area (Å²) in [5.74, 6) is 1.90. The average Bonchev–Trinajstić information content (AvgIpc) is 2.74. The van der Waals surface area contributed by atoms with Crippen LogP contribution in [0.2, 0.25) is 0 Å². The van der Waals surface area contributed by atoms with Gasteiger partial charge in [0.15, 0.2) is 0 Å². The third kappa shape index (κ3) is 5.77. The van der Waals surface area contributed by atoms with Crippen LogP contribution in [-0.2, 0) is 9.53 Å². The first-order chi connectivity index (χ1) is 14.2. The lowest BCUT2D eigenvalue weighted by molar-refractivity contribution is -0.134. The van der Waals surface area contributed by atoms with Crippen LogP contribution in [0.1, 0.15) is 39.0 Å². The van der Waals surface area contributed by atoms with Crippen LogP contribution in [-0.4, -0.2) is 20.1 Å². The standard InChI is InChI=1S/C24H29BN2O2/c1-3-4-5-6-11-19(12-7-8-17-23(28)29-2)18-25-26-21-15-9-13-20-14-10-16-22(27-25)24(20)21/h7-10,12-18,26-27H,3-6,11H2,1-2H3/b12-7+,17-8+,19-18+. The number of anilines is 2. The Balaban J connectivity index is 1.76. The maximum absolute atomic E-state index is 11.2. The Morgan fingerprint density at radius 3 is 2.34 bits per heavy atom. The van der Waals surface area contributed by atoms with E-state index in [0.29, 0.717) is 0 Å². The van der Waals surface area contributed by atoms with Crippen molar-refractivity contribution in [1.29, 1.82) is 0 Å². The zero-order chi connectivity index (χ0) is 20.5. The van der Waals surface area contributed by atoms with Gasteiger partial charge in [0.05, 0.1) is 7.11 Å². The SMILES string of the molecule is CCCCCCC(/C=C/C=C/C(=O)OC)=C\B1Nc2cccc3cccc(c23)N1. The van der Waals surface area contributed by atoms with Crippen molar-refractivity contribution in [2.75, 3.05) is 17.6 Å². The highest BCUT2D eigenvalue weighted by Gasteiger charge is 2.21. The second-order valence-electron chi connectivity index (χ2n) is 7.27. The van der Waals surface area contributed by atoms with E-state index in [0.717, 1.165) is 24.2 Å². The van der Waals surface area contributed by atoms with Crippen molar-refractivity contribution in [2.45, 2.75) is 39.0 Å². The van der Waals surface area contributed by atoms with Crippen LogP contribution in [0, 0.1) is 0 Å². The number of allylic oxidation sites excluding steroid dienone is 4. The summed E-state index contributed by atoms with van der Waals surface area (Å²) in [6.45, 7) is 2.24. The Morgan fingerprint density at radius 1 is 1.00 bits per heavy atom. The molecule has 0 spiro atoms. The van der Waals surface area contributed by atoms with E-state index < -0.39 is 0 Å². The lowest BCUT2D eigenvalue weighted by atomic mass is 9.71. The first-order valence-electron chi connectivity index (χ1n) is 10.4. The molecule has 1 aliphatic heterocycles. The van der Waals surface area contributed by atoms with Gasteiger partial charge in [-0.3, -0.25) is 0 Å². The number of unbranched alkanes of at least 4 members (excludes halogenated alkanes) is 3. The van der Waals surface area contributed by atoms with E-state index in [4.69, 9.17) is 0 Å². The number of benzene rings is 2. The summed E-state index contributed by atoms with van der Waals surface area (Å²) in [5.41, 5.74) is 3.54. The van der Waals surface area contributed by atoms with Crippen molar-refractivity contribution in [1.82, 2.24) is 0 Å². The zero-order valence-corrected chi connectivity index (χ0v) is 17.3. The van der Waals surface area contributed by atoms with E-state index in [1.807, 2.05) is 6.08 Å². The average molecular weight is 388 g/mol. The predicted octanol–water partition coefficient (Wildman–Crippen LogP) is 5.89. The molecule has 0 aliphatic carbocycles. The number of rotatable bonds is 9. The third-order valence-electron chi connectivity index (χ3n) is 5.08. The summed E-state index contributed by atoms with van der Waals surface area (Å²) in [6.07, 6.45) is 13.0. The molecule has 150 valence electrons. The van der Waals surface area contributed by atoms with Gasteiger partial charge in [-0.1, -0.05) is 80.2 Å². The number of esters is 1. The van der Waals surface area contributed by atoms with E-state index >= 15 is 0 Å². The summed E-state index contributed by atoms with van der Waals surface area (Å²) in [5, 5.41) is 9.66. The highest BCUT2D eigenvalue weighted by atomic mass is 16.5. The van der Waals surface area contributed by atoms with E-state index in [9.17, 15) is 4.79 Å². The largest absolute Gasteiger partial charge is 0.466 e. The van der Waals surface area contributed by atoms with Gasteiger partial charge in [-0.25, -0.2) is 4.79 Å². The number of carbonyl (C=O) groups excluding carboxylic acids is 1. The van der Waals surface area contributed by atoms with Crippen LogP contribution in [0.15, 0.2) is 72.3 Å². The van der Waals surface area contributed by atoms with Gasteiger partial charge in [0.1, 0.15) is 0 Å². The van der Waals surface area contributed by atoms with Crippen molar-refractivity contribution in [3.63, 3.8) is 0 Å². The van der Waals surface area contributed by atoms with Gasteiger partial charge < -0.3 is 15.2 Å². The molecule has 0 fully saturated rings. The molecule has 0 unspecified atom stereocenters. The molecule has 0 atom stereocenters. The fourth-order valence-corrected chi connectivity index (χ4v) is 3.61. The first-order valence-corrected chi connectivity index (χ1v) is 10.4. The molecule has 29 heavy (non-hydrogen) atoms. The molecule has 0 radical (unpaired) electrons. The van der Waals surface area contributed by atoms with Crippen molar-refractivity contribution in [2.24, 2.45) is 0 Å². The second kappa shape index (κ2) is 10.6. The minimum atomic E-state index is -0.344. The monoisotopic (exact) mass is 388 g/mol. The fourth-order valence-electron chi connectivity index (χ4n) is 3.61. The Kier molecular flexibility index (Phi) is 7.57. The molecule has 0 saturated carbocycles. The summed E-state index contributed by atoms with van der Waals surface area (Å²) in [6, 6.07) is 12.7. The maximum atomic E-state index is 11.2. The van der Waals surface area contributed by atoms with Crippen LogP contribution in [0.5, 0.6) is 0 Å². The third-order valence-corrected chi connectivity index (χ3v) is 5.08. The quantitative estimate of drug-likeness (QED) is 0.185. The van der Waals surface area contributed by atoms with Crippen molar-refractivity contribution >= 4 is 35.1 Å². The van der Waals surface area contributed by atoms with Crippen LogP contribution in [0.25, 0.3) is 10.8 Å². The predicted molar refractivity (Wildman–Crippen MR) is 124 cm³/mol. The molecule has 2 N–H and O–H groups in total. The molecule has 1 aliphatic rings. The molecule has 0 bridgehead atoms. The summed E-state index contributed by atoms with van der Waals surface area (Å²) in [7, 11) is 1.38. The Bertz CT molecular complexity index is 893.